The van der Waals surface area contributed by atoms with Gasteiger partial charge >= 0.3 is 12.0 Å². The molecule has 7 nitrogen and oxygen atoms in total. The van der Waals surface area contributed by atoms with Crippen LogP contribution in [0, 0.1) is 0 Å². The molecule has 1 atom stereocenters. The first-order valence-corrected chi connectivity index (χ1v) is 8.47. The Hall–Kier alpha value is -2.28. The van der Waals surface area contributed by atoms with E-state index in [0.29, 0.717) is 23.4 Å². The second-order valence-corrected chi connectivity index (χ2v) is 6.51. The number of hydrogen-bond donors (Lipinski definition) is 1. The van der Waals surface area contributed by atoms with Gasteiger partial charge < -0.3 is 19.6 Å². The lowest BCUT2D eigenvalue weighted by Gasteiger charge is -2.35. The van der Waals surface area contributed by atoms with E-state index in [2.05, 4.69) is 20.4 Å². The van der Waals surface area contributed by atoms with Crippen molar-refractivity contribution >= 4 is 23.6 Å². The molecule has 1 unspecified atom stereocenters. The van der Waals surface area contributed by atoms with Crippen LogP contribution in [-0.4, -0.2) is 53.3 Å². The SMILES string of the molecule is O=C1NCCN1C1CCCN(c2nc(-c3cccc(Cl)c3)no2)C1. The van der Waals surface area contributed by atoms with Crippen molar-refractivity contribution in [1.29, 1.82) is 0 Å². The summed E-state index contributed by atoms with van der Waals surface area (Å²) in [7, 11) is 0. The van der Waals surface area contributed by atoms with E-state index in [1.165, 1.54) is 0 Å². The molecule has 1 aromatic heterocycles. The Kier molecular flexibility index (Phi) is 4.02. The van der Waals surface area contributed by atoms with Crippen molar-refractivity contribution in [2.45, 2.75) is 18.9 Å². The van der Waals surface area contributed by atoms with E-state index in [4.69, 9.17) is 16.1 Å². The summed E-state index contributed by atoms with van der Waals surface area (Å²) in [6, 6.07) is 8.07. The molecule has 2 fully saturated rings. The zero-order valence-electron chi connectivity index (χ0n) is 13.1. The first-order valence-electron chi connectivity index (χ1n) is 8.10. The number of amides is 2. The van der Waals surface area contributed by atoms with Crippen molar-refractivity contribution in [3.8, 4) is 11.4 Å². The van der Waals surface area contributed by atoms with Gasteiger partial charge in [0.15, 0.2) is 0 Å². The molecule has 0 bridgehead atoms. The van der Waals surface area contributed by atoms with Gasteiger partial charge in [0.05, 0.1) is 6.04 Å². The van der Waals surface area contributed by atoms with E-state index in [-0.39, 0.29) is 12.1 Å². The van der Waals surface area contributed by atoms with Gasteiger partial charge in [0.25, 0.3) is 0 Å². The number of rotatable bonds is 3. The van der Waals surface area contributed by atoms with Crippen LogP contribution in [0.5, 0.6) is 0 Å². The van der Waals surface area contributed by atoms with Gasteiger partial charge in [-0.1, -0.05) is 28.9 Å². The highest BCUT2D eigenvalue weighted by atomic mass is 35.5. The molecule has 0 radical (unpaired) electrons. The smallest absolute Gasteiger partial charge is 0.324 e. The summed E-state index contributed by atoms with van der Waals surface area (Å²) < 4.78 is 5.44. The lowest BCUT2D eigenvalue weighted by molar-refractivity contribution is 0.188. The maximum Gasteiger partial charge on any atom is 0.324 e. The quantitative estimate of drug-likeness (QED) is 0.922. The molecule has 3 heterocycles. The molecule has 2 aliphatic heterocycles. The number of aromatic nitrogens is 2. The fourth-order valence-corrected chi connectivity index (χ4v) is 3.50. The zero-order chi connectivity index (χ0) is 16.5. The predicted molar refractivity (Wildman–Crippen MR) is 90.1 cm³/mol. The molecule has 2 aromatic rings. The molecule has 4 rings (SSSR count). The Morgan fingerprint density at radius 2 is 2.25 bits per heavy atom. The van der Waals surface area contributed by atoms with E-state index in [1.54, 1.807) is 0 Å². The number of carbonyl (C=O) groups is 1. The van der Waals surface area contributed by atoms with Gasteiger partial charge in [-0.2, -0.15) is 4.98 Å². The van der Waals surface area contributed by atoms with Crippen LogP contribution in [0.2, 0.25) is 5.02 Å². The third-order valence-corrected chi connectivity index (χ3v) is 4.73. The summed E-state index contributed by atoms with van der Waals surface area (Å²) in [6.45, 7) is 3.04. The molecule has 1 N–H and O–H groups in total. The zero-order valence-corrected chi connectivity index (χ0v) is 13.9. The number of benzene rings is 1. The molecule has 0 spiro atoms. The van der Waals surface area contributed by atoms with Gasteiger partial charge in [-0.15, -0.1) is 0 Å². The molecule has 2 aliphatic rings. The van der Waals surface area contributed by atoms with Crippen molar-refractivity contribution in [3.05, 3.63) is 29.3 Å². The van der Waals surface area contributed by atoms with Crippen LogP contribution < -0.4 is 10.2 Å². The number of hydrogen-bond acceptors (Lipinski definition) is 5. The van der Waals surface area contributed by atoms with Crippen LogP contribution in [0.25, 0.3) is 11.4 Å². The highest BCUT2D eigenvalue weighted by molar-refractivity contribution is 6.30. The molecule has 8 heteroatoms. The van der Waals surface area contributed by atoms with Crippen LogP contribution in [-0.2, 0) is 0 Å². The molecule has 2 amide bonds. The second kappa shape index (κ2) is 6.32. The Balaban J connectivity index is 1.50. The van der Waals surface area contributed by atoms with Gasteiger partial charge in [0, 0.05) is 36.8 Å². The van der Waals surface area contributed by atoms with Crippen molar-refractivity contribution in [2.24, 2.45) is 0 Å². The van der Waals surface area contributed by atoms with Gasteiger partial charge in [-0.25, -0.2) is 4.79 Å². The van der Waals surface area contributed by atoms with Crippen LogP contribution in [0.1, 0.15) is 12.8 Å². The number of nitrogens with zero attached hydrogens (tertiary/aromatic N) is 4. The summed E-state index contributed by atoms with van der Waals surface area (Å²) in [4.78, 5) is 20.3. The van der Waals surface area contributed by atoms with Crippen LogP contribution in [0.4, 0.5) is 10.8 Å². The van der Waals surface area contributed by atoms with E-state index < -0.39 is 0 Å². The summed E-state index contributed by atoms with van der Waals surface area (Å²) >= 11 is 6.02. The molecule has 24 heavy (non-hydrogen) atoms. The number of nitrogens with one attached hydrogen (secondary N) is 1. The fourth-order valence-electron chi connectivity index (χ4n) is 3.31. The van der Waals surface area contributed by atoms with E-state index in [9.17, 15) is 4.79 Å². The average Bonchev–Trinajstić information content (AvgIpc) is 3.24. The molecule has 2 saturated heterocycles. The first-order chi connectivity index (χ1) is 11.7. The number of anilines is 1. The minimum atomic E-state index is 0.0204. The predicted octanol–water partition coefficient (Wildman–Crippen LogP) is 2.38. The summed E-state index contributed by atoms with van der Waals surface area (Å²) in [5.74, 6) is 0.522. The van der Waals surface area contributed by atoms with Crippen LogP contribution in [0.3, 0.4) is 0 Å². The third-order valence-electron chi connectivity index (χ3n) is 4.50. The summed E-state index contributed by atoms with van der Waals surface area (Å²) in [6.07, 6.45) is 1.99. The minimum absolute atomic E-state index is 0.0204. The Morgan fingerprint density at radius 1 is 1.33 bits per heavy atom. The standard InChI is InChI=1S/C16H18ClN5O2/c17-12-4-1-3-11(9-12)14-19-16(24-20-14)21-7-2-5-13(10-21)22-8-6-18-15(22)23/h1,3-4,9,13H,2,5-8,10H2,(H,18,23). The summed E-state index contributed by atoms with van der Waals surface area (Å²) in [5.41, 5.74) is 0.824. The topological polar surface area (TPSA) is 74.5 Å². The van der Waals surface area contributed by atoms with Crippen molar-refractivity contribution < 1.29 is 9.32 Å². The van der Waals surface area contributed by atoms with Crippen molar-refractivity contribution in [3.63, 3.8) is 0 Å². The number of halogens is 1. The van der Waals surface area contributed by atoms with Gasteiger partial charge in [-0.3, -0.25) is 0 Å². The summed E-state index contributed by atoms with van der Waals surface area (Å²) in [5, 5.41) is 7.55. The molecule has 1 aromatic carbocycles. The Bertz CT molecular complexity index is 750. The lowest BCUT2D eigenvalue weighted by Crippen LogP contribution is -2.49. The van der Waals surface area contributed by atoms with Crippen molar-refractivity contribution in [2.75, 3.05) is 31.1 Å². The molecular formula is C16H18ClN5O2. The molecule has 0 aliphatic carbocycles. The highest BCUT2D eigenvalue weighted by Crippen LogP contribution is 2.26. The fraction of sp³-hybridized carbons (Fsp3) is 0.438. The average molecular weight is 348 g/mol. The van der Waals surface area contributed by atoms with Crippen molar-refractivity contribution in [1.82, 2.24) is 20.4 Å². The van der Waals surface area contributed by atoms with Crippen LogP contribution in [0.15, 0.2) is 28.8 Å². The minimum Gasteiger partial charge on any atom is -0.336 e. The Morgan fingerprint density at radius 3 is 3.04 bits per heavy atom. The largest absolute Gasteiger partial charge is 0.336 e. The maximum absolute atomic E-state index is 11.9. The Labute approximate surface area is 144 Å². The lowest BCUT2D eigenvalue weighted by atomic mass is 10.1. The van der Waals surface area contributed by atoms with E-state index >= 15 is 0 Å². The third kappa shape index (κ3) is 2.91. The van der Waals surface area contributed by atoms with E-state index in [1.807, 2.05) is 29.2 Å². The van der Waals surface area contributed by atoms with E-state index in [0.717, 1.165) is 38.0 Å². The second-order valence-electron chi connectivity index (χ2n) is 6.08. The number of carbonyl (C=O) groups excluding carboxylic acids is 1. The highest BCUT2D eigenvalue weighted by Gasteiger charge is 2.32. The maximum atomic E-state index is 11.9. The monoisotopic (exact) mass is 347 g/mol. The molecule has 0 saturated carbocycles. The molecular weight excluding hydrogens is 330 g/mol. The first kappa shape index (κ1) is 15.3. The number of piperidine rings is 1. The normalized spacial score (nSPS) is 21.2. The molecule has 126 valence electrons. The van der Waals surface area contributed by atoms with Gasteiger partial charge in [0.1, 0.15) is 0 Å². The van der Waals surface area contributed by atoms with Gasteiger partial charge in [-0.05, 0) is 25.0 Å². The van der Waals surface area contributed by atoms with Crippen LogP contribution >= 0.6 is 11.6 Å². The van der Waals surface area contributed by atoms with Gasteiger partial charge in [0.2, 0.25) is 5.82 Å². The number of urea groups is 1.